The van der Waals surface area contributed by atoms with Crippen molar-refractivity contribution in [3.05, 3.63) is 139 Å². The number of amides is 1. The molecule has 7 nitrogen and oxygen atoms in total. The van der Waals surface area contributed by atoms with E-state index < -0.39 is 0 Å². The molecule has 3 N–H and O–H groups in total. The zero-order valence-electron chi connectivity index (χ0n) is 21.1. The van der Waals surface area contributed by atoms with Crippen molar-refractivity contribution >= 4 is 34.4 Å². The Morgan fingerprint density at radius 2 is 1.38 bits per heavy atom. The Hall–Kier alpha value is -5.27. The molecular formula is C32H26N6O. The van der Waals surface area contributed by atoms with Crippen LogP contribution in [-0.2, 0) is 6.54 Å². The van der Waals surface area contributed by atoms with E-state index in [4.69, 9.17) is 5.73 Å². The largest absolute Gasteiger partial charge is 0.326 e. The Morgan fingerprint density at radius 3 is 2.08 bits per heavy atom. The number of nitrogens with zero attached hydrogens (tertiary/aromatic N) is 4. The summed E-state index contributed by atoms with van der Waals surface area (Å²) in [6, 6.07) is 37.5. The van der Waals surface area contributed by atoms with Gasteiger partial charge < -0.3 is 11.1 Å². The fourth-order valence-electron chi connectivity index (χ4n) is 4.50. The highest BCUT2D eigenvalue weighted by Crippen LogP contribution is 2.35. The predicted octanol–water partition coefficient (Wildman–Crippen LogP) is 6.58. The maximum atomic E-state index is 12.8. The molecule has 0 spiro atoms. The molecule has 6 aromatic rings. The van der Waals surface area contributed by atoms with E-state index in [1.54, 1.807) is 24.5 Å². The summed E-state index contributed by atoms with van der Waals surface area (Å²) in [5, 5.41) is 7.48. The van der Waals surface area contributed by atoms with Crippen molar-refractivity contribution in [3.8, 4) is 11.1 Å². The Labute approximate surface area is 226 Å². The van der Waals surface area contributed by atoms with Crippen molar-refractivity contribution in [3.63, 3.8) is 0 Å². The first-order valence-corrected chi connectivity index (χ1v) is 12.6. The Kier molecular flexibility index (Phi) is 6.55. The molecule has 190 valence electrons. The summed E-state index contributed by atoms with van der Waals surface area (Å²) >= 11 is 0. The highest BCUT2D eigenvalue weighted by molar-refractivity contribution is 6.04. The van der Waals surface area contributed by atoms with Gasteiger partial charge in [0, 0.05) is 35.4 Å². The minimum atomic E-state index is -0.178. The van der Waals surface area contributed by atoms with Crippen molar-refractivity contribution in [2.75, 3.05) is 10.2 Å². The van der Waals surface area contributed by atoms with E-state index in [9.17, 15) is 4.79 Å². The quantitative estimate of drug-likeness (QED) is 0.253. The van der Waals surface area contributed by atoms with E-state index in [0.717, 1.165) is 33.6 Å². The summed E-state index contributed by atoms with van der Waals surface area (Å²) in [6.45, 7) is 0.440. The van der Waals surface area contributed by atoms with Crippen molar-refractivity contribution in [2.45, 2.75) is 6.54 Å². The minimum absolute atomic E-state index is 0.178. The normalized spacial score (nSPS) is 10.9. The van der Waals surface area contributed by atoms with Gasteiger partial charge in [0.25, 0.3) is 5.91 Å². The van der Waals surface area contributed by atoms with E-state index in [-0.39, 0.29) is 5.91 Å². The average Bonchev–Trinajstić information content (AvgIpc) is 3.49. The van der Waals surface area contributed by atoms with Crippen molar-refractivity contribution < 1.29 is 4.79 Å². The van der Waals surface area contributed by atoms with Crippen LogP contribution < -0.4 is 16.0 Å². The molecule has 7 heteroatoms. The van der Waals surface area contributed by atoms with Gasteiger partial charge in [-0.2, -0.15) is 9.61 Å². The molecule has 2 heterocycles. The fourth-order valence-corrected chi connectivity index (χ4v) is 4.50. The van der Waals surface area contributed by atoms with Crippen LogP contribution in [0, 0.1) is 0 Å². The van der Waals surface area contributed by atoms with Crippen LogP contribution in [0.3, 0.4) is 0 Å². The molecule has 0 aliphatic carbocycles. The maximum absolute atomic E-state index is 12.8. The van der Waals surface area contributed by atoms with E-state index in [2.05, 4.69) is 51.8 Å². The molecule has 0 unspecified atom stereocenters. The highest BCUT2D eigenvalue weighted by Gasteiger charge is 2.18. The molecule has 0 saturated heterocycles. The molecule has 0 atom stereocenters. The first-order valence-electron chi connectivity index (χ1n) is 12.6. The molecule has 6 rings (SSSR count). The van der Waals surface area contributed by atoms with Gasteiger partial charge in [0.2, 0.25) is 5.95 Å². The van der Waals surface area contributed by atoms with Crippen molar-refractivity contribution in [2.24, 2.45) is 5.73 Å². The zero-order valence-corrected chi connectivity index (χ0v) is 21.1. The van der Waals surface area contributed by atoms with Crippen LogP contribution in [0.25, 0.3) is 16.6 Å². The smallest absolute Gasteiger partial charge is 0.255 e. The number of fused-ring (bicyclic) bond motifs is 1. The third kappa shape index (κ3) is 4.99. The Morgan fingerprint density at radius 1 is 0.744 bits per heavy atom. The highest BCUT2D eigenvalue weighted by atomic mass is 16.1. The molecule has 0 saturated carbocycles. The summed E-state index contributed by atoms with van der Waals surface area (Å²) < 4.78 is 1.81. The molecule has 4 aromatic carbocycles. The molecule has 0 aliphatic rings. The van der Waals surface area contributed by atoms with E-state index in [0.29, 0.717) is 23.7 Å². The second-order valence-corrected chi connectivity index (χ2v) is 9.06. The van der Waals surface area contributed by atoms with Gasteiger partial charge in [0.05, 0.1) is 11.7 Å². The number of carbonyl (C=O) groups excluding carboxylic acids is 1. The lowest BCUT2D eigenvalue weighted by molar-refractivity contribution is 0.102. The van der Waals surface area contributed by atoms with Gasteiger partial charge in [0.15, 0.2) is 0 Å². The Bertz CT molecular complexity index is 1710. The monoisotopic (exact) mass is 510 g/mol. The average molecular weight is 511 g/mol. The number of hydrogen-bond donors (Lipinski definition) is 2. The zero-order chi connectivity index (χ0) is 26.6. The summed E-state index contributed by atoms with van der Waals surface area (Å²) in [4.78, 5) is 19.5. The summed E-state index contributed by atoms with van der Waals surface area (Å²) in [7, 11) is 0. The number of nitrogens with two attached hydrogens (primary N) is 1. The second kappa shape index (κ2) is 10.6. The van der Waals surface area contributed by atoms with E-state index >= 15 is 0 Å². The number of hydrogen-bond acceptors (Lipinski definition) is 5. The van der Waals surface area contributed by atoms with Crippen LogP contribution in [0.4, 0.5) is 23.0 Å². The number of anilines is 4. The molecule has 0 bridgehead atoms. The van der Waals surface area contributed by atoms with Crippen LogP contribution in [0.15, 0.2) is 128 Å². The first-order chi connectivity index (χ1) is 19.2. The SMILES string of the molecule is NCc1ccc(C(=O)Nc2ccc(N(c3ccc(-c4ccccc4)cc3)c3nccc4ccnn34)cc2)cc1. The van der Waals surface area contributed by atoms with Gasteiger partial charge >= 0.3 is 0 Å². The second-order valence-electron chi connectivity index (χ2n) is 9.06. The number of rotatable bonds is 7. The van der Waals surface area contributed by atoms with Crippen LogP contribution in [0.1, 0.15) is 15.9 Å². The molecule has 0 fully saturated rings. The van der Waals surface area contributed by atoms with Gasteiger partial charge in [-0.05, 0) is 77.4 Å². The summed E-state index contributed by atoms with van der Waals surface area (Å²) in [6.07, 6.45) is 3.54. The molecule has 39 heavy (non-hydrogen) atoms. The first kappa shape index (κ1) is 24.1. The summed E-state index contributed by atoms with van der Waals surface area (Å²) in [5.41, 5.74) is 12.9. The van der Waals surface area contributed by atoms with E-state index in [1.165, 1.54) is 0 Å². The minimum Gasteiger partial charge on any atom is -0.326 e. The van der Waals surface area contributed by atoms with Crippen molar-refractivity contribution in [1.29, 1.82) is 0 Å². The van der Waals surface area contributed by atoms with Gasteiger partial charge in [-0.1, -0.05) is 54.6 Å². The Balaban J connectivity index is 1.33. The van der Waals surface area contributed by atoms with Crippen LogP contribution in [0.2, 0.25) is 0 Å². The van der Waals surface area contributed by atoms with Crippen LogP contribution in [0.5, 0.6) is 0 Å². The number of nitrogens with one attached hydrogen (secondary N) is 1. The molecule has 2 aromatic heterocycles. The van der Waals surface area contributed by atoms with Crippen molar-refractivity contribution in [1.82, 2.24) is 14.6 Å². The third-order valence-corrected chi connectivity index (χ3v) is 6.56. The van der Waals surface area contributed by atoms with Crippen LogP contribution in [-0.4, -0.2) is 20.5 Å². The fraction of sp³-hybridized carbons (Fsp3) is 0.0312. The van der Waals surface area contributed by atoms with Crippen LogP contribution >= 0.6 is 0 Å². The van der Waals surface area contributed by atoms with Gasteiger partial charge in [-0.15, -0.1) is 0 Å². The standard InChI is InChI=1S/C32H26N6O/c33-22-23-6-8-26(9-7-23)31(39)36-27-12-16-29(17-13-27)37(32-34-20-18-30-19-21-35-38(30)32)28-14-10-25(11-15-28)24-4-2-1-3-5-24/h1-21H,22,33H2,(H,36,39). The number of aromatic nitrogens is 3. The third-order valence-electron chi connectivity index (χ3n) is 6.56. The predicted molar refractivity (Wildman–Crippen MR) is 155 cm³/mol. The molecular weight excluding hydrogens is 484 g/mol. The number of benzene rings is 4. The van der Waals surface area contributed by atoms with Gasteiger partial charge in [-0.3, -0.25) is 9.69 Å². The lowest BCUT2D eigenvalue weighted by Gasteiger charge is -2.25. The van der Waals surface area contributed by atoms with Gasteiger partial charge in [-0.25, -0.2) is 4.98 Å². The molecule has 1 amide bonds. The topological polar surface area (TPSA) is 88.5 Å². The maximum Gasteiger partial charge on any atom is 0.255 e. The molecule has 0 aliphatic heterocycles. The molecule has 0 radical (unpaired) electrons. The lowest BCUT2D eigenvalue weighted by Crippen LogP contribution is -2.16. The summed E-state index contributed by atoms with van der Waals surface area (Å²) in [5.74, 6) is 0.476. The van der Waals surface area contributed by atoms with Gasteiger partial charge in [0.1, 0.15) is 0 Å². The lowest BCUT2D eigenvalue weighted by atomic mass is 10.1. The van der Waals surface area contributed by atoms with E-state index in [1.807, 2.05) is 76.1 Å². The number of carbonyl (C=O) groups is 1.